The Hall–Kier alpha value is -5.95. The van der Waals surface area contributed by atoms with E-state index in [9.17, 15) is 9.90 Å². The molecule has 6 rings (SSSR count). The van der Waals surface area contributed by atoms with Crippen LogP contribution in [0.15, 0.2) is 127 Å². The Morgan fingerprint density at radius 3 is 1.61 bits per heavy atom. The van der Waals surface area contributed by atoms with E-state index in [-0.39, 0.29) is 11.7 Å². The van der Waals surface area contributed by atoms with Gasteiger partial charge in [0.05, 0.1) is 25.5 Å². The number of benzene rings is 5. The number of nitrogens with zero attached hydrogens (tertiary/aromatic N) is 3. The van der Waals surface area contributed by atoms with Crippen LogP contribution in [0.5, 0.6) is 11.5 Å². The Morgan fingerprint density at radius 1 is 0.673 bits per heavy atom. The third kappa shape index (κ3) is 7.96. The minimum Gasteiger partial charge on any atom is -0.507 e. The van der Waals surface area contributed by atoms with Crippen LogP contribution < -0.4 is 4.74 Å². The van der Waals surface area contributed by atoms with Crippen LogP contribution in [0.25, 0.3) is 56.4 Å². The van der Waals surface area contributed by atoms with Crippen molar-refractivity contribution in [1.82, 2.24) is 15.0 Å². The summed E-state index contributed by atoms with van der Waals surface area (Å²) in [5.41, 5.74) is 6.40. The van der Waals surface area contributed by atoms with E-state index in [0.717, 1.165) is 39.8 Å². The van der Waals surface area contributed by atoms with Gasteiger partial charge in [0.2, 0.25) is 0 Å². The molecule has 0 bridgehead atoms. The number of carbonyl (C=O) groups excluding carboxylic acids is 1. The largest absolute Gasteiger partial charge is 0.507 e. The molecule has 7 heteroatoms. The normalized spacial score (nSPS) is 12.2. The van der Waals surface area contributed by atoms with Gasteiger partial charge >= 0.3 is 5.97 Å². The van der Waals surface area contributed by atoms with E-state index < -0.39 is 12.1 Å². The van der Waals surface area contributed by atoms with E-state index in [1.165, 1.54) is 6.07 Å². The Balaban J connectivity index is 1.31. The lowest BCUT2D eigenvalue weighted by atomic mass is 10.0. The van der Waals surface area contributed by atoms with E-state index in [2.05, 4.69) is 31.2 Å². The smallest absolute Gasteiger partial charge is 0.347 e. The predicted molar refractivity (Wildman–Crippen MR) is 193 cm³/mol. The zero-order valence-corrected chi connectivity index (χ0v) is 27.6. The standard InChI is InChI=1S/C42H37N3O4/c1-4-29(5-2)27-48-42(47)28(3)49-36-24-25-37(38(46)26-36)41-44-39(34-20-16-32(17-21-34)30-12-8-6-9-13-30)43-40(45-41)35-22-18-33(19-23-35)31-14-10-7-11-15-31/h6-26,28-29H,1,4-5,27H2,2-3H3/p+1. The highest BCUT2D eigenvalue weighted by Gasteiger charge is 2.21. The van der Waals surface area contributed by atoms with Gasteiger partial charge in [-0.1, -0.05) is 116 Å². The molecule has 7 nitrogen and oxygen atoms in total. The predicted octanol–water partition coefficient (Wildman–Crippen LogP) is 9.47. The number of aromatic hydroxyl groups is 1. The first kappa shape index (κ1) is 33.0. The molecule has 5 aromatic carbocycles. The van der Waals surface area contributed by atoms with Crippen LogP contribution in [-0.4, -0.2) is 38.7 Å². The van der Waals surface area contributed by atoms with Crippen molar-refractivity contribution >= 4 is 5.97 Å². The molecule has 6 aromatic rings. The monoisotopic (exact) mass is 648 g/mol. The van der Waals surface area contributed by atoms with Crippen molar-refractivity contribution in [2.45, 2.75) is 32.8 Å². The molecule has 0 spiro atoms. The number of hydrogen-bond donors (Lipinski definition) is 1. The Bertz CT molecular complexity index is 1890. The fourth-order valence-corrected chi connectivity index (χ4v) is 5.39. The fourth-order valence-electron chi connectivity index (χ4n) is 5.39. The van der Waals surface area contributed by atoms with Crippen molar-refractivity contribution in [2.75, 3.05) is 6.61 Å². The second kappa shape index (κ2) is 15.3. The molecule has 0 amide bonds. The molecule has 0 saturated carbocycles. The molecule has 0 saturated heterocycles. The lowest BCUT2D eigenvalue weighted by Gasteiger charge is -2.16. The average molecular weight is 649 g/mol. The third-order valence-electron chi connectivity index (χ3n) is 8.44. The summed E-state index contributed by atoms with van der Waals surface area (Å²) < 4.78 is 11.3. The fraction of sp³-hybridized carbons (Fsp3) is 0.167. The number of phenols is 1. The minimum absolute atomic E-state index is 0.0943. The van der Waals surface area contributed by atoms with Crippen molar-refractivity contribution in [3.8, 4) is 67.9 Å². The zero-order chi connectivity index (χ0) is 34.2. The van der Waals surface area contributed by atoms with Crippen LogP contribution in [0, 0.1) is 12.8 Å². The number of esters is 1. The molecule has 2 unspecified atom stereocenters. The van der Waals surface area contributed by atoms with Gasteiger partial charge in [-0.3, -0.25) is 0 Å². The molecular formula is C42H38N3O4+. The number of hydrogen-bond acceptors (Lipinski definition) is 7. The lowest BCUT2D eigenvalue weighted by molar-refractivity contribution is -0.152. The molecule has 1 heterocycles. The number of phenolic OH excluding ortho intramolecular Hbond substituents is 1. The molecule has 0 aliphatic heterocycles. The number of rotatable bonds is 12. The van der Waals surface area contributed by atoms with Gasteiger partial charge in [0.1, 0.15) is 11.5 Å². The van der Waals surface area contributed by atoms with E-state index in [4.69, 9.17) is 24.4 Å². The second-order valence-electron chi connectivity index (χ2n) is 11.8. The summed E-state index contributed by atoms with van der Waals surface area (Å²) in [6, 6.07) is 41.2. The van der Waals surface area contributed by atoms with Gasteiger partial charge in [-0.2, -0.15) is 0 Å². The van der Waals surface area contributed by atoms with E-state index in [1.807, 2.05) is 91.9 Å². The quantitative estimate of drug-likeness (QED) is 0.104. The van der Waals surface area contributed by atoms with Crippen LogP contribution >= 0.6 is 0 Å². The molecule has 244 valence electrons. The maximum Gasteiger partial charge on any atom is 0.347 e. The maximum atomic E-state index is 12.5. The Morgan fingerprint density at radius 2 is 1.14 bits per heavy atom. The lowest BCUT2D eigenvalue weighted by Crippen LogP contribution is -2.27. The van der Waals surface area contributed by atoms with Crippen molar-refractivity contribution in [1.29, 1.82) is 0 Å². The highest BCUT2D eigenvalue weighted by atomic mass is 16.6. The molecule has 0 fully saturated rings. The molecular weight excluding hydrogens is 610 g/mol. The van der Waals surface area contributed by atoms with Gasteiger partial charge in [0.15, 0.2) is 23.6 Å². The first-order valence-electron chi connectivity index (χ1n) is 16.5. The molecule has 0 radical (unpaired) electrons. The first-order chi connectivity index (χ1) is 23.9. The summed E-state index contributed by atoms with van der Waals surface area (Å²) in [5, 5.41) is 11.2. The topological polar surface area (TPSA) is 94.4 Å². The van der Waals surface area contributed by atoms with Gasteiger partial charge in [-0.15, -0.1) is 0 Å². The summed E-state index contributed by atoms with van der Waals surface area (Å²) in [6.07, 6.45) is 0.702. The van der Waals surface area contributed by atoms with Crippen molar-refractivity contribution in [2.24, 2.45) is 5.92 Å². The molecule has 0 aliphatic carbocycles. The Labute approximate surface area is 287 Å². The van der Waals surface area contributed by atoms with Crippen molar-refractivity contribution in [3.05, 3.63) is 134 Å². The van der Waals surface area contributed by atoms with Crippen LogP contribution in [-0.2, 0) is 9.53 Å². The zero-order valence-electron chi connectivity index (χ0n) is 27.6. The van der Waals surface area contributed by atoms with Crippen molar-refractivity contribution < 1.29 is 19.4 Å². The van der Waals surface area contributed by atoms with Gasteiger partial charge in [-0.25, -0.2) is 19.7 Å². The highest BCUT2D eigenvalue weighted by molar-refractivity contribution is 5.76. The van der Waals surface area contributed by atoms with Crippen LogP contribution in [0.2, 0.25) is 0 Å². The van der Waals surface area contributed by atoms with Crippen LogP contribution in [0.4, 0.5) is 0 Å². The summed E-state index contributed by atoms with van der Waals surface area (Å²) in [5.74, 6) is 1.19. The number of ether oxygens (including phenoxy) is 2. The SMILES string of the molecule is [CH2+]CC(CC)COC(=O)C(C)Oc1ccc(-c2nc(-c3ccc(-c4ccccc4)cc3)nc(-c3ccc(-c4ccccc4)cc3)n2)c(O)c1. The molecule has 1 N–H and O–H groups in total. The minimum atomic E-state index is -0.860. The number of carbonyl (C=O) groups is 1. The van der Waals surface area contributed by atoms with Gasteiger partial charge in [0.25, 0.3) is 0 Å². The second-order valence-corrected chi connectivity index (χ2v) is 11.8. The third-order valence-corrected chi connectivity index (χ3v) is 8.44. The average Bonchev–Trinajstić information content (AvgIpc) is 3.16. The summed E-state index contributed by atoms with van der Waals surface area (Å²) in [6.45, 7) is 7.85. The van der Waals surface area contributed by atoms with Gasteiger partial charge in [-0.05, 0) is 47.7 Å². The van der Waals surface area contributed by atoms with E-state index >= 15 is 0 Å². The first-order valence-corrected chi connectivity index (χ1v) is 16.5. The molecule has 1 aromatic heterocycles. The van der Waals surface area contributed by atoms with Crippen LogP contribution in [0.1, 0.15) is 26.7 Å². The summed E-state index contributed by atoms with van der Waals surface area (Å²) in [4.78, 5) is 27.0. The van der Waals surface area contributed by atoms with Gasteiger partial charge in [0, 0.05) is 23.1 Å². The maximum absolute atomic E-state index is 12.5. The van der Waals surface area contributed by atoms with E-state index in [0.29, 0.717) is 41.8 Å². The van der Waals surface area contributed by atoms with E-state index in [1.54, 1.807) is 19.1 Å². The van der Waals surface area contributed by atoms with Gasteiger partial charge < -0.3 is 14.6 Å². The van der Waals surface area contributed by atoms with Crippen LogP contribution in [0.3, 0.4) is 0 Å². The summed E-state index contributed by atoms with van der Waals surface area (Å²) in [7, 11) is 0. The Kier molecular flexibility index (Phi) is 10.3. The summed E-state index contributed by atoms with van der Waals surface area (Å²) >= 11 is 0. The van der Waals surface area contributed by atoms with Crippen molar-refractivity contribution in [3.63, 3.8) is 0 Å². The highest BCUT2D eigenvalue weighted by Crippen LogP contribution is 2.34. The molecule has 0 aliphatic rings. The molecule has 2 atom stereocenters. The molecule has 49 heavy (non-hydrogen) atoms. The number of aromatic nitrogens is 3.